The highest BCUT2D eigenvalue weighted by atomic mass is 32.2. The van der Waals surface area contributed by atoms with Crippen LogP contribution in [0.3, 0.4) is 0 Å². The molecular formula is C16H25NOS. The van der Waals surface area contributed by atoms with E-state index in [0.29, 0.717) is 17.5 Å². The zero-order chi connectivity index (χ0) is 14.2. The lowest BCUT2D eigenvalue weighted by atomic mass is 9.76. The summed E-state index contributed by atoms with van der Waals surface area (Å²) in [5.41, 5.74) is 3.60. The smallest absolute Gasteiger partial charge is 0.165 e. The summed E-state index contributed by atoms with van der Waals surface area (Å²) in [7, 11) is 0. The van der Waals surface area contributed by atoms with Crippen molar-refractivity contribution in [1.29, 1.82) is 0 Å². The fourth-order valence-electron chi connectivity index (χ4n) is 2.95. The van der Waals surface area contributed by atoms with Crippen LogP contribution in [-0.2, 0) is 13.0 Å². The Morgan fingerprint density at radius 2 is 2.11 bits per heavy atom. The molecule has 0 fully saturated rings. The van der Waals surface area contributed by atoms with Crippen LogP contribution in [0.15, 0.2) is 6.07 Å². The summed E-state index contributed by atoms with van der Waals surface area (Å²) < 4.78 is 2.38. The topological polar surface area (TPSA) is 22.0 Å². The largest absolute Gasteiger partial charge is 0.348 e. The number of aryl methyl sites for hydroxylation is 1. The van der Waals surface area contributed by atoms with E-state index in [1.165, 1.54) is 11.4 Å². The highest BCUT2D eigenvalue weighted by molar-refractivity contribution is 7.99. The van der Waals surface area contributed by atoms with Crippen molar-refractivity contribution in [3.63, 3.8) is 0 Å². The number of fused-ring (bicyclic) bond motifs is 1. The first-order chi connectivity index (χ1) is 8.84. The molecule has 2 nitrogen and oxygen atoms in total. The Balaban J connectivity index is 2.28. The molecule has 0 aromatic carbocycles. The van der Waals surface area contributed by atoms with Gasteiger partial charge in [-0.25, -0.2) is 0 Å². The summed E-state index contributed by atoms with van der Waals surface area (Å²) in [6, 6.07) is 2.09. The number of ketones is 1. The number of nitrogens with zero attached hydrogens (tertiary/aromatic N) is 1. The van der Waals surface area contributed by atoms with Crippen molar-refractivity contribution in [1.82, 2.24) is 4.57 Å². The second kappa shape index (κ2) is 5.35. The number of rotatable bonds is 4. The van der Waals surface area contributed by atoms with Gasteiger partial charge in [0.15, 0.2) is 5.78 Å². The molecule has 1 unspecified atom stereocenters. The number of carbonyl (C=O) groups is 1. The molecule has 0 saturated carbocycles. The van der Waals surface area contributed by atoms with Gasteiger partial charge in [-0.1, -0.05) is 20.8 Å². The van der Waals surface area contributed by atoms with Gasteiger partial charge in [0, 0.05) is 35.2 Å². The van der Waals surface area contributed by atoms with Gasteiger partial charge in [-0.15, -0.1) is 0 Å². The van der Waals surface area contributed by atoms with Crippen LogP contribution in [-0.4, -0.2) is 21.9 Å². The minimum atomic E-state index is 0.109. The molecule has 1 aromatic heterocycles. The average molecular weight is 279 g/mol. The van der Waals surface area contributed by atoms with Gasteiger partial charge >= 0.3 is 0 Å². The van der Waals surface area contributed by atoms with E-state index < -0.39 is 0 Å². The second-order valence-corrected chi connectivity index (χ2v) is 7.85. The van der Waals surface area contributed by atoms with E-state index in [2.05, 4.69) is 44.6 Å². The lowest BCUT2D eigenvalue weighted by Gasteiger charge is -2.30. The van der Waals surface area contributed by atoms with Gasteiger partial charge in [0.1, 0.15) is 0 Å². The maximum atomic E-state index is 12.2. The molecule has 19 heavy (non-hydrogen) atoms. The van der Waals surface area contributed by atoms with Crippen LogP contribution in [0.1, 0.15) is 55.4 Å². The summed E-state index contributed by atoms with van der Waals surface area (Å²) >= 11 is 1.91. The Morgan fingerprint density at radius 1 is 1.42 bits per heavy atom. The third kappa shape index (κ3) is 3.07. The van der Waals surface area contributed by atoms with Crippen molar-refractivity contribution in [2.45, 2.75) is 58.8 Å². The van der Waals surface area contributed by atoms with E-state index in [9.17, 15) is 4.79 Å². The highest BCUT2D eigenvalue weighted by Crippen LogP contribution is 2.36. The maximum Gasteiger partial charge on any atom is 0.165 e. The van der Waals surface area contributed by atoms with Gasteiger partial charge in [-0.3, -0.25) is 4.79 Å². The Morgan fingerprint density at radius 3 is 2.74 bits per heavy atom. The van der Waals surface area contributed by atoms with Gasteiger partial charge in [0.05, 0.1) is 0 Å². The molecule has 1 aliphatic carbocycles. The lowest BCUT2D eigenvalue weighted by Crippen LogP contribution is -2.28. The van der Waals surface area contributed by atoms with Gasteiger partial charge < -0.3 is 4.57 Å². The SMILES string of the molecule is CSC(C)CCn1c(C)cc2c1CC(C)(C)CC2=O. The molecule has 0 N–H and O–H groups in total. The Hall–Kier alpha value is -0.700. The number of thioether (sulfide) groups is 1. The molecule has 0 spiro atoms. The summed E-state index contributed by atoms with van der Waals surface area (Å²) in [4.78, 5) is 12.2. The van der Waals surface area contributed by atoms with Crippen molar-refractivity contribution in [3.8, 4) is 0 Å². The van der Waals surface area contributed by atoms with Crippen molar-refractivity contribution >= 4 is 17.5 Å². The van der Waals surface area contributed by atoms with Crippen LogP contribution >= 0.6 is 11.8 Å². The van der Waals surface area contributed by atoms with E-state index >= 15 is 0 Å². The molecular weight excluding hydrogens is 254 g/mol. The molecule has 0 saturated heterocycles. The van der Waals surface area contributed by atoms with Crippen LogP contribution < -0.4 is 0 Å². The standard InChI is InChI=1S/C16H25NOS/c1-11-8-13-14(9-16(3,4)10-15(13)18)17(11)7-6-12(2)19-5/h8,12H,6-7,9-10H2,1-5H3. The first-order valence-electron chi connectivity index (χ1n) is 7.09. The molecule has 0 amide bonds. The fourth-order valence-corrected chi connectivity index (χ4v) is 3.29. The highest BCUT2D eigenvalue weighted by Gasteiger charge is 2.33. The van der Waals surface area contributed by atoms with Crippen molar-refractivity contribution < 1.29 is 4.79 Å². The predicted octanol–water partition coefficient (Wildman–Crippen LogP) is 4.09. The van der Waals surface area contributed by atoms with Crippen molar-refractivity contribution in [3.05, 3.63) is 23.0 Å². The molecule has 106 valence electrons. The van der Waals surface area contributed by atoms with E-state index in [1.54, 1.807) is 0 Å². The van der Waals surface area contributed by atoms with Crippen LogP contribution in [0.4, 0.5) is 0 Å². The molecule has 0 aliphatic heterocycles. The molecule has 1 aromatic rings. The molecule has 0 radical (unpaired) electrons. The third-order valence-corrected chi connectivity index (χ3v) is 5.20. The number of hydrogen-bond acceptors (Lipinski definition) is 2. The van der Waals surface area contributed by atoms with Crippen LogP contribution in [0.2, 0.25) is 0 Å². The lowest BCUT2D eigenvalue weighted by molar-refractivity contribution is 0.0910. The van der Waals surface area contributed by atoms with Crippen LogP contribution in [0.25, 0.3) is 0 Å². The maximum absolute atomic E-state index is 12.2. The van der Waals surface area contributed by atoms with Crippen molar-refractivity contribution in [2.75, 3.05) is 6.26 Å². The van der Waals surface area contributed by atoms with Crippen LogP contribution in [0, 0.1) is 12.3 Å². The molecule has 3 heteroatoms. The summed E-state index contributed by atoms with van der Waals surface area (Å²) in [6.45, 7) is 9.83. The van der Waals surface area contributed by atoms with Gasteiger partial charge in [-0.05, 0) is 37.5 Å². The molecule has 1 aliphatic rings. The van der Waals surface area contributed by atoms with Crippen LogP contribution in [0.5, 0.6) is 0 Å². The summed E-state index contributed by atoms with van der Waals surface area (Å²) in [5, 5.41) is 0.671. The Kier molecular flexibility index (Phi) is 4.14. The fraction of sp³-hybridized carbons (Fsp3) is 0.688. The zero-order valence-corrected chi connectivity index (χ0v) is 13.6. The summed E-state index contributed by atoms with van der Waals surface area (Å²) in [6.07, 6.45) is 5.03. The average Bonchev–Trinajstić information content (AvgIpc) is 2.61. The van der Waals surface area contributed by atoms with Gasteiger partial charge in [0.25, 0.3) is 0 Å². The quantitative estimate of drug-likeness (QED) is 0.828. The zero-order valence-electron chi connectivity index (χ0n) is 12.7. The van der Waals surface area contributed by atoms with Crippen molar-refractivity contribution in [2.24, 2.45) is 5.41 Å². The first kappa shape index (κ1) is 14.7. The van der Waals surface area contributed by atoms with E-state index in [-0.39, 0.29) is 5.41 Å². The Labute approximate surface area is 121 Å². The Bertz CT molecular complexity index is 487. The number of hydrogen-bond donors (Lipinski definition) is 0. The molecule has 1 atom stereocenters. The third-order valence-electron chi connectivity index (χ3n) is 4.16. The molecule has 2 rings (SSSR count). The monoisotopic (exact) mass is 279 g/mol. The minimum absolute atomic E-state index is 0.109. The second-order valence-electron chi connectivity index (χ2n) is 6.57. The normalized spacial score (nSPS) is 19.3. The van der Waals surface area contributed by atoms with E-state index in [4.69, 9.17) is 0 Å². The number of Topliss-reactive ketones (excluding diaryl/α,β-unsaturated/α-hetero) is 1. The van der Waals surface area contributed by atoms with Gasteiger partial charge in [0.2, 0.25) is 0 Å². The predicted molar refractivity (Wildman–Crippen MR) is 83.2 cm³/mol. The number of carbonyl (C=O) groups excluding carboxylic acids is 1. The van der Waals surface area contributed by atoms with E-state index in [0.717, 1.165) is 24.9 Å². The number of aromatic nitrogens is 1. The van der Waals surface area contributed by atoms with Gasteiger partial charge in [-0.2, -0.15) is 11.8 Å². The molecule has 1 heterocycles. The van der Waals surface area contributed by atoms with E-state index in [1.807, 2.05) is 11.8 Å². The minimum Gasteiger partial charge on any atom is -0.348 e. The summed E-state index contributed by atoms with van der Waals surface area (Å²) in [5.74, 6) is 0.325. The first-order valence-corrected chi connectivity index (χ1v) is 8.38. The molecule has 0 bridgehead atoms.